The van der Waals surface area contributed by atoms with Gasteiger partial charge in [0.2, 0.25) is 0 Å². The first-order valence-corrected chi connectivity index (χ1v) is 6.80. The zero-order valence-corrected chi connectivity index (χ0v) is 12.6. The molecule has 0 heterocycles. The normalized spacial score (nSPS) is 13.4. The van der Waals surface area contributed by atoms with Crippen LogP contribution < -0.4 is 0 Å². The van der Waals surface area contributed by atoms with Gasteiger partial charge in [0.15, 0.2) is 5.78 Å². The van der Waals surface area contributed by atoms with Gasteiger partial charge in [0.05, 0.1) is 0 Å². The van der Waals surface area contributed by atoms with E-state index in [1.54, 1.807) is 0 Å². The Morgan fingerprint density at radius 1 is 1.17 bits per heavy atom. The highest BCUT2D eigenvalue weighted by Gasteiger charge is 2.20. The van der Waals surface area contributed by atoms with E-state index < -0.39 is 0 Å². The highest BCUT2D eigenvalue weighted by atomic mass is 16.1. The third kappa shape index (κ3) is 4.29. The van der Waals surface area contributed by atoms with Crippen molar-refractivity contribution in [2.75, 3.05) is 0 Å². The van der Waals surface area contributed by atoms with Crippen molar-refractivity contribution in [3.8, 4) is 0 Å². The largest absolute Gasteiger partial charge is 0.294 e. The molecule has 0 bridgehead atoms. The van der Waals surface area contributed by atoms with E-state index in [-0.39, 0.29) is 0 Å². The zero-order chi connectivity index (χ0) is 13.9. The lowest BCUT2D eigenvalue weighted by atomic mass is 9.82. The highest BCUT2D eigenvalue weighted by Crippen LogP contribution is 2.27. The molecule has 1 nitrogen and oxygen atoms in total. The number of carbonyl (C=O) groups is 1. The van der Waals surface area contributed by atoms with Crippen LogP contribution in [0.4, 0.5) is 0 Å². The van der Waals surface area contributed by atoms with E-state index in [4.69, 9.17) is 0 Å². The van der Waals surface area contributed by atoms with Gasteiger partial charge < -0.3 is 0 Å². The van der Waals surface area contributed by atoms with E-state index in [0.29, 0.717) is 23.5 Å². The maximum atomic E-state index is 12.4. The average molecular weight is 246 g/mol. The third-order valence-corrected chi connectivity index (χ3v) is 3.25. The van der Waals surface area contributed by atoms with Crippen molar-refractivity contribution in [3.63, 3.8) is 0 Å². The molecule has 0 amide bonds. The van der Waals surface area contributed by atoms with Crippen LogP contribution in [0.3, 0.4) is 0 Å². The number of Topliss-reactive ketones (excluding diaryl/α,β-unsaturated/α-hetero) is 1. The summed E-state index contributed by atoms with van der Waals surface area (Å²) in [6.45, 7) is 12.9. The molecule has 0 spiro atoms. The summed E-state index contributed by atoms with van der Waals surface area (Å²) in [4.78, 5) is 12.4. The molecule has 18 heavy (non-hydrogen) atoms. The monoisotopic (exact) mass is 246 g/mol. The Morgan fingerprint density at radius 2 is 1.67 bits per heavy atom. The van der Waals surface area contributed by atoms with Crippen LogP contribution in [0.1, 0.15) is 62.0 Å². The van der Waals surface area contributed by atoms with E-state index in [9.17, 15) is 4.79 Å². The second-order valence-corrected chi connectivity index (χ2v) is 6.76. The fourth-order valence-electron chi connectivity index (χ4n) is 2.79. The predicted molar refractivity (Wildman–Crippen MR) is 78.1 cm³/mol. The third-order valence-electron chi connectivity index (χ3n) is 3.25. The van der Waals surface area contributed by atoms with E-state index >= 15 is 0 Å². The number of benzene rings is 1. The van der Waals surface area contributed by atoms with Crippen molar-refractivity contribution in [2.45, 2.75) is 54.4 Å². The van der Waals surface area contributed by atoms with E-state index in [1.165, 1.54) is 0 Å². The Bertz CT molecular complexity index is 403. The first kappa shape index (κ1) is 14.9. The number of aryl methyl sites for hydroxylation is 2. The summed E-state index contributed by atoms with van der Waals surface area (Å²) in [7, 11) is 0. The van der Waals surface area contributed by atoms with Gasteiger partial charge in [-0.15, -0.1) is 0 Å². The van der Waals surface area contributed by atoms with Gasteiger partial charge in [-0.2, -0.15) is 0 Å². The first-order chi connectivity index (χ1) is 8.20. The van der Waals surface area contributed by atoms with Gasteiger partial charge >= 0.3 is 0 Å². The smallest absolute Gasteiger partial charge is 0.163 e. The van der Waals surface area contributed by atoms with Gasteiger partial charge in [-0.3, -0.25) is 4.79 Å². The van der Waals surface area contributed by atoms with Crippen molar-refractivity contribution >= 4 is 5.78 Å². The van der Waals surface area contributed by atoms with Gasteiger partial charge in [-0.1, -0.05) is 45.9 Å². The van der Waals surface area contributed by atoms with Gasteiger partial charge in [0.1, 0.15) is 0 Å². The maximum absolute atomic E-state index is 12.4. The molecule has 0 saturated heterocycles. The molecule has 100 valence electrons. The van der Waals surface area contributed by atoms with Crippen LogP contribution in [0.5, 0.6) is 0 Å². The molecule has 0 aliphatic carbocycles. The molecule has 0 fully saturated rings. The molecule has 0 saturated carbocycles. The van der Waals surface area contributed by atoms with Crippen LogP contribution in [0.2, 0.25) is 0 Å². The van der Waals surface area contributed by atoms with Crippen LogP contribution in [0, 0.1) is 25.2 Å². The summed E-state index contributed by atoms with van der Waals surface area (Å²) in [6, 6.07) is 6.06. The van der Waals surface area contributed by atoms with Crippen LogP contribution >= 0.6 is 0 Å². The summed E-state index contributed by atoms with van der Waals surface area (Å²) in [5, 5.41) is 0. The fourth-order valence-corrected chi connectivity index (χ4v) is 2.79. The number of ketones is 1. The molecule has 0 aromatic heterocycles. The lowest BCUT2D eigenvalue weighted by Gasteiger charge is -2.23. The molecule has 1 aromatic rings. The molecular weight excluding hydrogens is 220 g/mol. The number of carbonyl (C=O) groups excluding carboxylic acids is 1. The van der Waals surface area contributed by atoms with Gasteiger partial charge in [0, 0.05) is 12.0 Å². The molecule has 1 atom stereocenters. The molecule has 0 radical (unpaired) electrons. The van der Waals surface area contributed by atoms with Crippen molar-refractivity contribution in [3.05, 3.63) is 34.9 Å². The lowest BCUT2D eigenvalue weighted by Crippen LogP contribution is -2.15. The van der Waals surface area contributed by atoms with Crippen LogP contribution in [-0.2, 0) is 0 Å². The van der Waals surface area contributed by atoms with E-state index in [0.717, 1.165) is 23.1 Å². The lowest BCUT2D eigenvalue weighted by molar-refractivity contribution is 0.0953. The average Bonchev–Trinajstić information content (AvgIpc) is 2.13. The van der Waals surface area contributed by atoms with Crippen LogP contribution in [-0.4, -0.2) is 5.78 Å². The standard InChI is InChI=1S/C17H26O/c1-12(11-17(4,5)6)10-15(18)16-13(2)8-7-9-14(16)3/h7-9,12H,10-11H2,1-6H3. The molecule has 0 N–H and O–H groups in total. The minimum absolute atomic E-state index is 0.292. The van der Waals surface area contributed by atoms with Crippen molar-refractivity contribution in [1.29, 1.82) is 0 Å². The summed E-state index contributed by atoms with van der Waals surface area (Å²) >= 11 is 0. The molecule has 1 heteroatoms. The quantitative estimate of drug-likeness (QED) is 0.687. The number of rotatable bonds is 4. The minimum atomic E-state index is 0.292. The first-order valence-electron chi connectivity index (χ1n) is 6.80. The Hall–Kier alpha value is -1.11. The Morgan fingerprint density at radius 3 is 2.11 bits per heavy atom. The molecule has 1 aromatic carbocycles. The van der Waals surface area contributed by atoms with Crippen LogP contribution in [0.25, 0.3) is 0 Å². The molecule has 0 aliphatic heterocycles. The van der Waals surface area contributed by atoms with Gasteiger partial charge in [0.25, 0.3) is 0 Å². The second kappa shape index (κ2) is 5.69. The Labute approximate surface area is 112 Å². The summed E-state index contributed by atoms with van der Waals surface area (Å²) in [6.07, 6.45) is 1.74. The van der Waals surface area contributed by atoms with E-state index in [2.05, 4.69) is 27.7 Å². The topological polar surface area (TPSA) is 17.1 Å². The molecular formula is C17H26O. The summed E-state index contributed by atoms with van der Waals surface area (Å²) in [5.41, 5.74) is 3.42. The van der Waals surface area contributed by atoms with Gasteiger partial charge in [-0.05, 0) is 42.7 Å². The molecule has 1 rings (SSSR count). The molecule has 1 unspecified atom stereocenters. The van der Waals surface area contributed by atoms with Crippen molar-refractivity contribution in [2.24, 2.45) is 11.3 Å². The summed E-state index contributed by atoms with van der Waals surface area (Å²) < 4.78 is 0. The Balaban J connectivity index is 2.77. The van der Waals surface area contributed by atoms with Crippen molar-refractivity contribution in [1.82, 2.24) is 0 Å². The number of hydrogen-bond donors (Lipinski definition) is 0. The fraction of sp³-hybridized carbons (Fsp3) is 0.588. The predicted octanol–water partition coefficient (Wildman–Crippen LogP) is 4.95. The zero-order valence-electron chi connectivity index (χ0n) is 12.6. The molecule has 0 aliphatic rings. The number of hydrogen-bond acceptors (Lipinski definition) is 1. The van der Waals surface area contributed by atoms with Crippen LogP contribution in [0.15, 0.2) is 18.2 Å². The maximum Gasteiger partial charge on any atom is 0.163 e. The SMILES string of the molecule is Cc1cccc(C)c1C(=O)CC(C)CC(C)(C)C. The second-order valence-electron chi connectivity index (χ2n) is 6.76. The van der Waals surface area contributed by atoms with Gasteiger partial charge in [-0.25, -0.2) is 0 Å². The van der Waals surface area contributed by atoms with E-state index in [1.807, 2.05) is 32.0 Å². The minimum Gasteiger partial charge on any atom is -0.294 e. The van der Waals surface area contributed by atoms with Crippen molar-refractivity contribution < 1.29 is 4.79 Å². The highest BCUT2D eigenvalue weighted by molar-refractivity contribution is 5.98. The summed E-state index contributed by atoms with van der Waals surface area (Å²) in [5.74, 6) is 0.735. The Kier molecular flexibility index (Phi) is 4.72.